The summed E-state index contributed by atoms with van der Waals surface area (Å²) < 4.78 is 0. The second-order valence-electron chi connectivity index (χ2n) is 8.68. The van der Waals surface area contributed by atoms with Crippen molar-refractivity contribution in [3.8, 4) is 0 Å². The molecule has 4 rings (SSSR count). The highest BCUT2D eigenvalue weighted by Crippen LogP contribution is 2.65. The molecule has 4 aliphatic carbocycles. The Morgan fingerprint density at radius 2 is 1.88 bits per heavy atom. The molecule has 2 fully saturated rings. The van der Waals surface area contributed by atoms with Gasteiger partial charge in [0.05, 0.1) is 0 Å². The van der Waals surface area contributed by atoms with Crippen LogP contribution in [0.2, 0.25) is 0 Å². The number of allylic oxidation sites excluding steroid dienone is 6. The molecule has 0 spiro atoms. The van der Waals surface area contributed by atoms with Crippen LogP contribution < -0.4 is 0 Å². The molecule has 2 saturated carbocycles. The molecule has 0 aromatic heterocycles. The zero-order valence-corrected chi connectivity index (χ0v) is 14.7. The Hall–Kier alpha value is -1.48. The lowest BCUT2D eigenvalue weighted by atomic mass is 9.49. The molecule has 128 valence electrons. The minimum Gasteiger partial charge on any atom is -0.382 e. The van der Waals surface area contributed by atoms with Crippen molar-refractivity contribution in [3.63, 3.8) is 0 Å². The molecule has 0 aliphatic heterocycles. The van der Waals surface area contributed by atoms with Gasteiger partial charge in [-0.2, -0.15) is 0 Å². The fraction of sp³-hybridized carbons (Fsp3) is 0.619. The minimum atomic E-state index is -1.17. The Bertz CT molecular complexity index is 715. The van der Waals surface area contributed by atoms with Crippen LogP contribution in [0.4, 0.5) is 0 Å². The average Bonchev–Trinajstić information content (AvgIpc) is 2.81. The van der Waals surface area contributed by atoms with E-state index in [4.69, 9.17) is 0 Å². The summed E-state index contributed by atoms with van der Waals surface area (Å²) in [6.45, 7) is 5.88. The van der Waals surface area contributed by atoms with Gasteiger partial charge in [0, 0.05) is 10.8 Å². The molecule has 1 N–H and O–H groups in total. The molecule has 0 radical (unpaired) electrons. The lowest BCUT2D eigenvalue weighted by Crippen LogP contribution is -2.56. The summed E-state index contributed by atoms with van der Waals surface area (Å²) >= 11 is 0. The first-order valence-electron chi connectivity index (χ1n) is 9.09. The van der Waals surface area contributed by atoms with Crippen LogP contribution in [-0.2, 0) is 9.59 Å². The Morgan fingerprint density at radius 1 is 1.17 bits per heavy atom. The van der Waals surface area contributed by atoms with E-state index in [2.05, 4.69) is 32.1 Å². The summed E-state index contributed by atoms with van der Waals surface area (Å²) in [6, 6.07) is 0. The number of fused-ring (bicyclic) bond motifs is 5. The number of rotatable bonds is 1. The number of Topliss-reactive ketones (excluding diaryl/α,β-unsaturated/α-hetero) is 1. The second-order valence-corrected chi connectivity index (χ2v) is 8.68. The first-order chi connectivity index (χ1) is 11.2. The third-order valence-electron chi connectivity index (χ3n) is 7.85. The van der Waals surface area contributed by atoms with Gasteiger partial charge in [0.25, 0.3) is 0 Å². The molecule has 0 heterocycles. The van der Waals surface area contributed by atoms with E-state index in [0.717, 1.165) is 24.8 Å². The van der Waals surface area contributed by atoms with Crippen molar-refractivity contribution < 1.29 is 14.7 Å². The summed E-state index contributed by atoms with van der Waals surface area (Å²) in [5.74, 6) is 1.10. The SMILES string of the molecule is CC(=O)[C@@]1(O)CC[C@H]2[C@@H]3C=CC4=CC(=O)C=C[C@]4(C)[C@H]3CC[C@@]21C. The Labute approximate surface area is 143 Å². The molecule has 0 amide bonds. The highest BCUT2D eigenvalue weighted by molar-refractivity contribution is 6.01. The van der Waals surface area contributed by atoms with E-state index in [9.17, 15) is 14.7 Å². The van der Waals surface area contributed by atoms with Crippen molar-refractivity contribution in [2.45, 2.75) is 52.1 Å². The number of hydrogen-bond acceptors (Lipinski definition) is 3. The van der Waals surface area contributed by atoms with E-state index >= 15 is 0 Å². The van der Waals surface area contributed by atoms with Crippen LogP contribution in [0.25, 0.3) is 0 Å². The maximum absolute atomic E-state index is 12.2. The number of carbonyl (C=O) groups excluding carboxylic acids is 2. The third kappa shape index (κ3) is 1.77. The van der Waals surface area contributed by atoms with Crippen LogP contribution in [-0.4, -0.2) is 22.3 Å². The van der Waals surface area contributed by atoms with Crippen molar-refractivity contribution >= 4 is 11.6 Å². The summed E-state index contributed by atoms with van der Waals surface area (Å²) in [7, 11) is 0. The third-order valence-corrected chi connectivity index (χ3v) is 7.85. The smallest absolute Gasteiger partial charge is 0.178 e. The van der Waals surface area contributed by atoms with Crippen LogP contribution >= 0.6 is 0 Å². The molecule has 3 nitrogen and oxygen atoms in total. The van der Waals surface area contributed by atoms with E-state index in [-0.39, 0.29) is 22.4 Å². The van der Waals surface area contributed by atoms with Crippen LogP contribution in [0.1, 0.15) is 46.5 Å². The highest BCUT2D eigenvalue weighted by atomic mass is 16.3. The normalized spacial score (nSPS) is 49.2. The van der Waals surface area contributed by atoms with Gasteiger partial charge in [-0.3, -0.25) is 9.59 Å². The monoisotopic (exact) mass is 326 g/mol. The van der Waals surface area contributed by atoms with Crippen molar-refractivity contribution in [2.24, 2.45) is 28.6 Å². The van der Waals surface area contributed by atoms with Gasteiger partial charge < -0.3 is 5.11 Å². The minimum absolute atomic E-state index is 0.0676. The fourth-order valence-corrected chi connectivity index (χ4v) is 6.25. The number of carbonyl (C=O) groups is 2. The zero-order chi connectivity index (χ0) is 17.3. The van der Waals surface area contributed by atoms with Gasteiger partial charge in [0.15, 0.2) is 11.6 Å². The Kier molecular flexibility index (Phi) is 3.19. The molecule has 4 aliphatic rings. The van der Waals surface area contributed by atoms with Crippen molar-refractivity contribution in [1.29, 1.82) is 0 Å². The first-order valence-corrected chi connectivity index (χ1v) is 9.09. The maximum Gasteiger partial charge on any atom is 0.178 e. The molecule has 0 aromatic rings. The molecule has 0 bridgehead atoms. The standard InChI is InChI=1S/C21H26O3/c1-13(22)21(24)11-8-18-16-5-4-14-12-15(23)6-9-19(14,2)17(16)7-10-20(18,21)3/h4-6,9,12,16-18,24H,7-8,10-11H2,1-3H3/t16-,17+,18+,19+,20+,21+/m1/s1. The van der Waals surface area contributed by atoms with Gasteiger partial charge in [0.1, 0.15) is 5.60 Å². The molecule has 0 aromatic carbocycles. The van der Waals surface area contributed by atoms with E-state index in [0.29, 0.717) is 24.2 Å². The molecule has 3 heteroatoms. The molecule has 0 saturated heterocycles. The number of hydrogen-bond donors (Lipinski definition) is 1. The van der Waals surface area contributed by atoms with Gasteiger partial charge >= 0.3 is 0 Å². The summed E-state index contributed by atoms with van der Waals surface area (Å²) in [5, 5.41) is 11.1. The van der Waals surface area contributed by atoms with Gasteiger partial charge in [0.2, 0.25) is 0 Å². The van der Waals surface area contributed by atoms with Crippen molar-refractivity contribution in [2.75, 3.05) is 0 Å². The Morgan fingerprint density at radius 3 is 2.58 bits per heavy atom. The van der Waals surface area contributed by atoms with Gasteiger partial charge in [-0.05, 0) is 68.1 Å². The van der Waals surface area contributed by atoms with E-state index < -0.39 is 5.60 Å². The van der Waals surface area contributed by atoms with Gasteiger partial charge in [-0.1, -0.05) is 32.1 Å². The molecular weight excluding hydrogens is 300 g/mol. The largest absolute Gasteiger partial charge is 0.382 e. The summed E-state index contributed by atoms with van der Waals surface area (Å²) in [4.78, 5) is 23.9. The van der Waals surface area contributed by atoms with Crippen LogP contribution in [0.15, 0.2) is 36.0 Å². The topological polar surface area (TPSA) is 54.4 Å². The van der Waals surface area contributed by atoms with Gasteiger partial charge in [-0.15, -0.1) is 0 Å². The van der Waals surface area contributed by atoms with E-state index in [1.807, 2.05) is 0 Å². The van der Waals surface area contributed by atoms with Crippen LogP contribution in [0, 0.1) is 28.6 Å². The fourth-order valence-electron chi connectivity index (χ4n) is 6.25. The lowest BCUT2D eigenvalue weighted by Gasteiger charge is -2.55. The Balaban J connectivity index is 1.77. The average molecular weight is 326 g/mol. The van der Waals surface area contributed by atoms with E-state index in [1.165, 1.54) is 6.92 Å². The summed E-state index contributed by atoms with van der Waals surface area (Å²) in [5.41, 5.74) is -0.507. The quantitative estimate of drug-likeness (QED) is 0.803. The zero-order valence-electron chi connectivity index (χ0n) is 14.7. The second kappa shape index (κ2) is 4.78. The molecule has 24 heavy (non-hydrogen) atoms. The van der Waals surface area contributed by atoms with Crippen molar-refractivity contribution in [3.05, 3.63) is 36.0 Å². The van der Waals surface area contributed by atoms with Crippen LogP contribution in [0.3, 0.4) is 0 Å². The molecular formula is C21H26O3. The lowest BCUT2D eigenvalue weighted by molar-refractivity contribution is -0.155. The predicted molar refractivity (Wildman–Crippen MR) is 92.2 cm³/mol. The number of ketones is 2. The van der Waals surface area contributed by atoms with E-state index in [1.54, 1.807) is 12.2 Å². The highest BCUT2D eigenvalue weighted by Gasteiger charge is 2.64. The van der Waals surface area contributed by atoms with Crippen LogP contribution in [0.5, 0.6) is 0 Å². The first kappa shape index (κ1) is 16.0. The molecule has 0 unspecified atom stereocenters. The number of aliphatic hydroxyl groups is 1. The van der Waals surface area contributed by atoms with Gasteiger partial charge in [-0.25, -0.2) is 0 Å². The predicted octanol–water partition coefficient (Wildman–Crippen LogP) is 3.39. The maximum atomic E-state index is 12.2. The van der Waals surface area contributed by atoms with Crippen molar-refractivity contribution in [1.82, 2.24) is 0 Å². The summed E-state index contributed by atoms with van der Waals surface area (Å²) in [6.07, 6.45) is 13.2. The molecule has 6 atom stereocenters.